The van der Waals surface area contributed by atoms with E-state index in [1.54, 1.807) is 11.1 Å². The van der Waals surface area contributed by atoms with Gasteiger partial charge < -0.3 is 9.64 Å². The molecule has 5 atom stereocenters. The van der Waals surface area contributed by atoms with Crippen LogP contribution in [0.15, 0.2) is 18.2 Å². The molecule has 2 aliphatic carbocycles. The third-order valence-electron chi connectivity index (χ3n) is 7.93. The monoisotopic (exact) mass is 339 g/mol. The lowest BCUT2D eigenvalue weighted by Gasteiger charge is -2.49. The van der Waals surface area contributed by atoms with Crippen LogP contribution in [0.25, 0.3) is 0 Å². The second kappa shape index (κ2) is 5.74. The molecule has 1 spiro atoms. The SMILES string of the molecule is CC1CCC(C)[C@@]23CCN(CC4CC4)C(C)Cc4cccc(c42)O[C@@H]13. The van der Waals surface area contributed by atoms with Gasteiger partial charge in [0, 0.05) is 23.6 Å². The van der Waals surface area contributed by atoms with Crippen molar-refractivity contribution >= 4 is 0 Å². The highest BCUT2D eigenvalue weighted by Gasteiger charge is 2.57. The van der Waals surface area contributed by atoms with Crippen LogP contribution in [0, 0.1) is 17.8 Å². The molecular weight excluding hydrogens is 306 g/mol. The normalized spacial score (nSPS) is 40.6. The fourth-order valence-electron chi connectivity index (χ4n) is 6.24. The Bertz CT molecular complexity index is 666. The molecule has 0 aromatic heterocycles. The Morgan fingerprint density at radius 2 is 1.96 bits per heavy atom. The summed E-state index contributed by atoms with van der Waals surface area (Å²) in [7, 11) is 0. The van der Waals surface area contributed by atoms with Crippen molar-refractivity contribution in [3.63, 3.8) is 0 Å². The molecule has 4 aliphatic rings. The van der Waals surface area contributed by atoms with Gasteiger partial charge in [0.2, 0.25) is 0 Å². The number of benzene rings is 1. The Kier molecular flexibility index (Phi) is 3.71. The van der Waals surface area contributed by atoms with Crippen molar-refractivity contribution in [2.45, 2.75) is 76.9 Å². The van der Waals surface area contributed by atoms with Crippen molar-refractivity contribution in [1.29, 1.82) is 0 Å². The van der Waals surface area contributed by atoms with E-state index in [0.717, 1.165) is 11.8 Å². The molecule has 136 valence electrons. The molecule has 2 saturated carbocycles. The van der Waals surface area contributed by atoms with Crippen molar-refractivity contribution in [2.24, 2.45) is 17.8 Å². The first-order chi connectivity index (χ1) is 12.1. The first-order valence-corrected chi connectivity index (χ1v) is 10.6. The van der Waals surface area contributed by atoms with Crippen LogP contribution in [0.4, 0.5) is 0 Å². The molecule has 1 aromatic carbocycles. The largest absolute Gasteiger partial charge is 0.489 e. The molecule has 3 unspecified atom stereocenters. The maximum Gasteiger partial charge on any atom is 0.123 e. The molecule has 0 amide bonds. The maximum atomic E-state index is 6.67. The summed E-state index contributed by atoms with van der Waals surface area (Å²) in [4.78, 5) is 2.81. The standard InChI is InChI=1S/C23H33NO/c1-15-7-8-16(2)23-11-12-24(14-18-9-10-18)17(3)13-19-5-4-6-20(21(19)23)25-22(15)23/h4-6,15-18,22H,7-14H2,1-3H3/t15?,16?,17?,22-,23-/m0/s1. The Morgan fingerprint density at radius 1 is 1.12 bits per heavy atom. The van der Waals surface area contributed by atoms with Gasteiger partial charge >= 0.3 is 0 Å². The number of rotatable bonds is 2. The predicted molar refractivity (Wildman–Crippen MR) is 102 cm³/mol. The van der Waals surface area contributed by atoms with Crippen LogP contribution in [0.3, 0.4) is 0 Å². The number of hydrogen-bond donors (Lipinski definition) is 0. The summed E-state index contributed by atoms with van der Waals surface area (Å²) in [6, 6.07) is 7.52. The third-order valence-corrected chi connectivity index (χ3v) is 7.93. The summed E-state index contributed by atoms with van der Waals surface area (Å²) in [5.74, 6) is 3.59. The number of ether oxygens (including phenoxy) is 1. The van der Waals surface area contributed by atoms with Crippen LogP contribution in [-0.4, -0.2) is 30.1 Å². The lowest BCUT2D eigenvalue weighted by atomic mass is 9.57. The van der Waals surface area contributed by atoms with Crippen molar-refractivity contribution in [1.82, 2.24) is 4.90 Å². The van der Waals surface area contributed by atoms with E-state index >= 15 is 0 Å². The van der Waals surface area contributed by atoms with E-state index in [1.165, 1.54) is 57.4 Å². The lowest BCUT2D eigenvalue weighted by molar-refractivity contribution is 0.00268. The van der Waals surface area contributed by atoms with Crippen LogP contribution < -0.4 is 4.74 Å². The van der Waals surface area contributed by atoms with Gasteiger partial charge in [-0.05, 0) is 81.4 Å². The molecule has 1 aromatic rings. The van der Waals surface area contributed by atoms with Gasteiger partial charge in [-0.15, -0.1) is 0 Å². The van der Waals surface area contributed by atoms with Crippen molar-refractivity contribution in [3.05, 3.63) is 29.3 Å². The average molecular weight is 340 g/mol. The summed E-state index contributed by atoms with van der Waals surface area (Å²) >= 11 is 0. The molecule has 2 heteroatoms. The van der Waals surface area contributed by atoms with E-state index in [4.69, 9.17) is 4.74 Å². The van der Waals surface area contributed by atoms with Crippen molar-refractivity contribution in [3.8, 4) is 5.75 Å². The Balaban J connectivity index is 1.60. The molecule has 5 rings (SSSR count). The van der Waals surface area contributed by atoms with Gasteiger partial charge in [-0.25, -0.2) is 0 Å². The van der Waals surface area contributed by atoms with Gasteiger partial charge in [-0.1, -0.05) is 26.0 Å². The van der Waals surface area contributed by atoms with Gasteiger partial charge in [0.05, 0.1) is 0 Å². The lowest BCUT2D eigenvalue weighted by Crippen LogP contribution is -2.54. The zero-order valence-corrected chi connectivity index (χ0v) is 16.1. The minimum Gasteiger partial charge on any atom is -0.489 e. The molecule has 0 radical (unpaired) electrons. The second-order valence-electron chi connectivity index (χ2n) is 9.57. The quantitative estimate of drug-likeness (QED) is 0.767. The summed E-state index contributed by atoms with van der Waals surface area (Å²) in [5, 5.41) is 0. The molecular formula is C23H33NO. The molecule has 0 N–H and O–H groups in total. The molecule has 2 nitrogen and oxygen atoms in total. The molecule has 2 heterocycles. The predicted octanol–water partition coefficient (Wildman–Crippen LogP) is 4.80. The molecule has 0 bridgehead atoms. The van der Waals surface area contributed by atoms with Gasteiger partial charge in [-0.3, -0.25) is 0 Å². The smallest absolute Gasteiger partial charge is 0.123 e. The van der Waals surface area contributed by atoms with E-state index in [-0.39, 0.29) is 5.41 Å². The number of hydrogen-bond acceptors (Lipinski definition) is 2. The first-order valence-electron chi connectivity index (χ1n) is 10.6. The van der Waals surface area contributed by atoms with E-state index in [0.29, 0.717) is 18.1 Å². The second-order valence-corrected chi connectivity index (χ2v) is 9.57. The molecule has 2 aliphatic heterocycles. The summed E-state index contributed by atoms with van der Waals surface area (Å²) in [6.07, 6.45) is 8.44. The zero-order chi connectivity index (χ0) is 17.2. The fraction of sp³-hybridized carbons (Fsp3) is 0.739. The van der Waals surface area contributed by atoms with Gasteiger partial charge in [0.25, 0.3) is 0 Å². The van der Waals surface area contributed by atoms with Gasteiger partial charge in [0.1, 0.15) is 11.9 Å². The molecule has 0 saturated heterocycles. The Hall–Kier alpha value is -1.02. The van der Waals surface area contributed by atoms with Crippen LogP contribution in [-0.2, 0) is 11.8 Å². The molecule has 25 heavy (non-hydrogen) atoms. The fourth-order valence-corrected chi connectivity index (χ4v) is 6.24. The maximum absolute atomic E-state index is 6.67. The van der Waals surface area contributed by atoms with E-state index in [2.05, 4.69) is 43.9 Å². The Labute approximate surface area is 152 Å². The number of nitrogens with zero attached hydrogens (tertiary/aromatic N) is 1. The van der Waals surface area contributed by atoms with E-state index in [1.807, 2.05) is 0 Å². The summed E-state index contributed by atoms with van der Waals surface area (Å²) in [6.45, 7) is 9.95. The minimum atomic E-state index is 0.255. The summed E-state index contributed by atoms with van der Waals surface area (Å²) < 4.78 is 6.67. The third kappa shape index (κ3) is 2.40. The van der Waals surface area contributed by atoms with Gasteiger partial charge in [0.15, 0.2) is 0 Å². The minimum absolute atomic E-state index is 0.255. The highest BCUT2D eigenvalue weighted by atomic mass is 16.5. The van der Waals surface area contributed by atoms with E-state index in [9.17, 15) is 0 Å². The van der Waals surface area contributed by atoms with Crippen LogP contribution in [0.2, 0.25) is 0 Å². The van der Waals surface area contributed by atoms with Crippen LogP contribution in [0.5, 0.6) is 5.75 Å². The average Bonchev–Trinajstić information content (AvgIpc) is 3.34. The van der Waals surface area contributed by atoms with Crippen LogP contribution in [0.1, 0.15) is 64.0 Å². The van der Waals surface area contributed by atoms with Gasteiger partial charge in [-0.2, -0.15) is 0 Å². The topological polar surface area (TPSA) is 12.5 Å². The highest BCUT2D eigenvalue weighted by molar-refractivity contribution is 5.52. The molecule has 2 fully saturated rings. The van der Waals surface area contributed by atoms with Crippen molar-refractivity contribution in [2.75, 3.05) is 13.1 Å². The summed E-state index contributed by atoms with van der Waals surface area (Å²) in [5.41, 5.74) is 3.44. The zero-order valence-electron chi connectivity index (χ0n) is 16.1. The van der Waals surface area contributed by atoms with E-state index < -0.39 is 0 Å². The highest BCUT2D eigenvalue weighted by Crippen LogP contribution is 2.58. The Morgan fingerprint density at radius 3 is 2.76 bits per heavy atom. The first kappa shape index (κ1) is 16.2. The van der Waals surface area contributed by atoms with Crippen LogP contribution >= 0.6 is 0 Å². The van der Waals surface area contributed by atoms with Crippen molar-refractivity contribution < 1.29 is 4.74 Å².